The minimum Gasteiger partial charge on any atom is -0.363 e. The molecule has 7 heteroatoms. The molecule has 0 bridgehead atoms. The van der Waals surface area contributed by atoms with Crippen molar-refractivity contribution in [2.24, 2.45) is 0 Å². The molecule has 24 heavy (non-hydrogen) atoms. The number of amides is 1. The zero-order valence-corrected chi connectivity index (χ0v) is 15.2. The summed E-state index contributed by atoms with van der Waals surface area (Å²) in [6.07, 6.45) is 2.17. The molecule has 1 heterocycles. The number of aromatic nitrogens is 2. The molecule has 3 rings (SSSR count). The summed E-state index contributed by atoms with van der Waals surface area (Å²) >= 11 is 7.55. The highest BCUT2D eigenvalue weighted by molar-refractivity contribution is 7.98. The lowest BCUT2D eigenvalue weighted by molar-refractivity contribution is 0.0951. The fraction of sp³-hybridized carbons (Fsp3) is 0.353. The highest BCUT2D eigenvalue weighted by Gasteiger charge is 2.23. The van der Waals surface area contributed by atoms with Crippen molar-refractivity contribution in [3.8, 4) is 0 Å². The predicted octanol–water partition coefficient (Wildman–Crippen LogP) is 3.38. The van der Waals surface area contributed by atoms with E-state index >= 15 is 0 Å². The van der Waals surface area contributed by atoms with E-state index in [4.69, 9.17) is 11.6 Å². The summed E-state index contributed by atoms with van der Waals surface area (Å²) in [7, 11) is 3.82. The first-order valence-electron chi connectivity index (χ1n) is 7.76. The maximum atomic E-state index is 12.1. The van der Waals surface area contributed by atoms with Gasteiger partial charge in [-0.05, 0) is 30.5 Å². The van der Waals surface area contributed by atoms with Gasteiger partial charge in [-0.15, -0.1) is 0 Å². The van der Waals surface area contributed by atoms with Gasteiger partial charge in [0.1, 0.15) is 11.0 Å². The van der Waals surface area contributed by atoms with Crippen LogP contribution in [0.5, 0.6) is 0 Å². The highest BCUT2D eigenvalue weighted by atomic mass is 35.5. The number of thioether (sulfide) groups is 1. The number of carbonyl (C=O) groups is 1. The van der Waals surface area contributed by atoms with Crippen LogP contribution in [0.15, 0.2) is 35.5 Å². The van der Waals surface area contributed by atoms with E-state index in [9.17, 15) is 4.79 Å². The maximum absolute atomic E-state index is 12.1. The summed E-state index contributed by atoms with van der Waals surface area (Å²) in [5.74, 6) is 1.45. The van der Waals surface area contributed by atoms with Gasteiger partial charge in [-0.1, -0.05) is 35.5 Å². The molecule has 1 N–H and O–H groups in total. The number of rotatable bonds is 6. The van der Waals surface area contributed by atoms with Crippen molar-refractivity contribution in [2.75, 3.05) is 19.0 Å². The Morgan fingerprint density at radius 2 is 2.12 bits per heavy atom. The predicted molar refractivity (Wildman–Crippen MR) is 97.9 cm³/mol. The first-order chi connectivity index (χ1) is 11.5. The SMILES string of the molecule is CN(C)c1cc(Cl)nc(SCc2cccc(C(=O)NC3CC3)c2)n1. The molecule has 1 amide bonds. The zero-order chi connectivity index (χ0) is 17.1. The normalized spacial score (nSPS) is 13.6. The molecule has 2 aromatic rings. The zero-order valence-electron chi connectivity index (χ0n) is 13.6. The monoisotopic (exact) mass is 362 g/mol. The maximum Gasteiger partial charge on any atom is 0.251 e. The molecule has 1 saturated carbocycles. The van der Waals surface area contributed by atoms with Crippen LogP contribution in [0, 0.1) is 0 Å². The minimum atomic E-state index is -0.00162. The second-order valence-electron chi connectivity index (χ2n) is 5.96. The van der Waals surface area contributed by atoms with Crippen LogP contribution in [0.3, 0.4) is 0 Å². The molecule has 126 valence electrons. The second-order valence-corrected chi connectivity index (χ2v) is 7.29. The average molecular weight is 363 g/mol. The lowest BCUT2D eigenvalue weighted by atomic mass is 10.1. The molecule has 1 fully saturated rings. The van der Waals surface area contributed by atoms with Crippen molar-refractivity contribution in [3.63, 3.8) is 0 Å². The molecule has 5 nitrogen and oxygen atoms in total. The summed E-state index contributed by atoms with van der Waals surface area (Å²) in [4.78, 5) is 22.7. The third kappa shape index (κ3) is 4.61. The van der Waals surface area contributed by atoms with E-state index in [-0.39, 0.29) is 5.91 Å². The lowest BCUT2D eigenvalue weighted by Gasteiger charge is -2.12. The van der Waals surface area contributed by atoms with Crippen LogP contribution in [0.2, 0.25) is 5.15 Å². The van der Waals surface area contributed by atoms with E-state index in [1.165, 1.54) is 11.8 Å². The van der Waals surface area contributed by atoms with Gasteiger partial charge in [0.2, 0.25) is 0 Å². The van der Waals surface area contributed by atoms with E-state index in [0.29, 0.717) is 27.7 Å². The minimum absolute atomic E-state index is 0.00162. The van der Waals surface area contributed by atoms with E-state index in [1.807, 2.05) is 43.3 Å². The van der Waals surface area contributed by atoms with Gasteiger partial charge in [0.25, 0.3) is 5.91 Å². The smallest absolute Gasteiger partial charge is 0.251 e. The van der Waals surface area contributed by atoms with Gasteiger partial charge in [-0.2, -0.15) is 0 Å². The summed E-state index contributed by atoms with van der Waals surface area (Å²) in [5, 5.41) is 4.05. The van der Waals surface area contributed by atoms with Gasteiger partial charge in [-0.25, -0.2) is 9.97 Å². The third-order valence-corrected chi connectivity index (χ3v) is 4.70. The van der Waals surface area contributed by atoms with Gasteiger partial charge in [0.15, 0.2) is 5.16 Å². The Labute approximate surface area is 150 Å². The van der Waals surface area contributed by atoms with E-state index < -0.39 is 0 Å². The van der Waals surface area contributed by atoms with Gasteiger partial charge in [0, 0.05) is 37.5 Å². The third-order valence-electron chi connectivity index (χ3n) is 3.59. The van der Waals surface area contributed by atoms with Gasteiger partial charge >= 0.3 is 0 Å². The number of hydrogen-bond donors (Lipinski definition) is 1. The van der Waals surface area contributed by atoms with Crippen LogP contribution in [-0.2, 0) is 5.75 Å². The van der Waals surface area contributed by atoms with Gasteiger partial charge in [0.05, 0.1) is 0 Å². The number of halogens is 1. The van der Waals surface area contributed by atoms with Crippen molar-refractivity contribution in [3.05, 3.63) is 46.6 Å². The standard InChI is InChI=1S/C17H19ClN4OS/c1-22(2)15-9-14(18)20-17(21-15)24-10-11-4-3-5-12(8-11)16(23)19-13-6-7-13/h3-5,8-9,13H,6-7,10H2,1-2H3,(H,19,23). The molecule has 0 aliphatic heterocycles. The molecular formula is C17H19ClN4OS. The molecule has 1 aliphatic rings. The Morgan fingerprint density at radius 3 is 2.83 bits per heavy atom. The van der Waals surface area contributed by atoms with Crippen molar-refractivity contribution in [2.45, 2.75) is 29.8 Å². The molecular weight excluding hydrogens is 344 g/mol. The summed E-state index contributed by atoms with van der Waals surface area (Å²) in [6, 6.07) is 9.75. The number of anilines is 1. The molecule has 0 unspecified atom stereocenters. The molecule has 1 aromatic carbocycles. The van der Waals surface area contributed by atoms with E-state index in [1.54, 1.807) is 6.07 Å². The molecule has 0 saturated heterocycles. The number of hydrogen-bond acceptors (Lipinski definition) is 5. The van der Waals surface area contributed by atoms with Crippen LogP contribution in [0.1, 0.15) is 28.8 Å². The Kier molecular flexibility index (Phi) is 5.26. The number of nitrogens with zero attached hydrogens (tertiary/aromatic N) is 3. The number of nitrogens with one attached hydrogen (secondary N) is 1. The lowest BCUT2D eigenvalue weighted by Crippen LogP contribution is -2.25. The van der Waals surface area contributed by atoms with Crippen LogP contribution < -0.4 is 10.2 Å². The largest absolute Gasteiger partial charge is 0.363 e. The van der Waals surface area contributed by atoms with Crippen LogP contribution in [0.4, 0.5) is 5.82 Å². The number of carbonyl (C=O) groups excluding carboxylic acids is 1. The highest BCUT2D eigenvalue weighted by Crippen LogP contribution is 2.24. The quantitative estimate of drug-likeness (QED) is 0.485. The van der Waals surface area contributed by atoms with Crippen molar-refractivity contribution in [1.29, 1.82) is 0 Å². The Morgan fingerprint density at radius 1 is 1.33 bits per heavy atom. The summed E-state index contributed by atoms with van der Waals surface area (Å²) in [6.45, 7) is 0. The second kappa shape index (κ2) is 7.40. The van der Waals surface area contributed by atoms with E-state index in [0.717, 1.165) is 24.2 Å². The van der Waals surface area contributed by atoms with E-state index in [2.05, 4.69) is 15.3 Å². The molecule has 1 aliphatic carbocycles. The Balaban J connectivity index is 1.67. The fourth-order valence-corrected chi connectivity index (χ4v) is 3.15. The average Bonchev–Trinajstić information content (AvgIpc) is 3.36. The number of benzene rings is 1. The fourth-order valence-electron chi connectivity index (χ4n) is 2.13. The van der Waals surface area contributed by atoms with Crippen LogP contribution in [0.25, 0.3) is 0 Å². The van der Waals surface area contributed by atoms with Gasteiger partial charge < -0.3 is 10.2 Å². The van der Waals surface area contributed by atoms with Gasteiger partial charge in [-0.3, -0.25) is 4.79 Å². The van der Waals surface area contributed by atoms with Crippen molar-refractivity contribution in [1.82, 2.24) is 15.3 Å². The Bertz CT molecular complexity index is 749. The van der Waals surface area contributed by atoms with Crippen molar-refractivity contribution >= 4 is 35.1 Å². The van der Waals surface area contributed by atoms with Crippen LogP contribution >= 0.6 is 23.4 Å². The summed E-state index contributed by atoms with van der Waals surface area (Å²) in [5.41, 5.74) is 1.75. The summed E-state index contributed by atoms with van der Waals surface area (Å²) < 4.78 is 0. The molecule has 0 atom stereocenters. The van der Waals surface area contributed by atoms with Crippen LogP contribution in [-0.4, -0.2) is 36.0 Å². The molecule has 1 aromatic heterocycles. The van der Waals surface area contributed by atoms with Crippen molar-refractivity contribution < 1.29 is 4.79 Å². The first-order valence-corrected chi connectivity index (χ1v) is 9.12. The first kappa shape index (κ1) is 17.0. The Hall–Kier alpha value is -1.79. The molecule has 0 spiro atoms. The molecule has 0 radical (unpaired) electrons. The topological polar surface area (TPSA) is 58.1 Å².